The van der Waals surface area contributed by atoms with E-state index >= 15 is 0 Å². The summed E-state index contributed by atoms with van der Waals surface area (Å²) in [4.78, 5) is 12.0. The Bertz CT molecular complexity index is 800. The quantitative estimate of drug-likeness (QED) is 0.258. The molecule has 1 saturated heterocycles. The highest BCUT2D eigenvalue weighted by Gasteiger charge is 2.31. The number of hydrogen-bond donors (Lipinski definition) is 2. The Balaban J connectivity index is 0.00000300. The number of likely N-dealkylation sites (tertiary alicyclic amines) is 1. The largest absolute Gasteiger partial charge is 0.357 e. The maximum absolute atomic E-state index is 4.83. The molecule has 0 radical (unpaired) electrons. The zero-order valence-corrected chi connectivity index (χ0v) is 20.8. The van der Waals surface area contributed by atoms with Gasteiger partial charge in [-0.2, -0.15) is 0 Å². The van der Waals surface area contributed by atoms with Crippen molar-refractivity contribution in [1.29, 1.82) is 0 Å². The van der Waals surface area contributed by atoms with Crippen LogP contribution in [0.5, 0.6) is 0 Å². The van der Waals surface area contributed by atoms with Gasteiger partial charge in [-0.3, -0.25) is 9.89 Å². The van der Waals surface area contributed by atoms with Gasteiger partial charge in [-0.15, -0.1) is 24.0 Å². The van der Waals surface area contributed by atoms with E-state index in [2.05, 4.69) is 77.9 Å². The number of fused-ring (bicyclic) bond motifs is 1. The van der Waals surface area contributed by atoms with Crippen LogP contribution in [0.4, 0.5) is 0 Å². The smallest absolute Gasteiger partial charge is 0.191 e. The van der Waals surface area contributed by atoms with Crippen molar-refractivity contribution in [1.82, 2.24) is 25.1 Å². The summed E-state index contributed by atoms with van der Waals surface area (Å²) >= 11 is 0. The lowest BCUT2D eigenvalue weighted by Crippen LogP contribution is -2.46. The lowest BCUT2D eigenvalue weighted by molar-refractivity contribution is 0.265. The van der Waals surface area contributed by atoms with Gasteiger partial charge in [0.15, 0.2) is 5.96 Å². The number of guanidine groups is 1. The molecule has 1 fully saturated rings. The van der Waals surface area contributed by atoms with Crippen molar-refractivity contribution in [2.24, 2.45) is 10.9 Å². The van der Waals surface area contributed by atoms with Crippen LogP contribution in [0, 0.1) is 12.8 Å². The molecule has 0 aliphatic carbocycles. The van der Waals surface area contributed by atoms with E-state index in [9.17, 15) is 0 Å². The number of imidazole rings is 1. The number of aliphatic imine (C=N–C) groups is 1. The summed E-state index contributed by atoms with van der Waals surface area (Å²) in [5.74, 6) is 2.65. The topological polar surface area (TPSA) is 57.5 Å². The first-order valence-corrected chi connectivity index (χ1v) is 10.7. The number of benzene rings is 1. The van der Waals surface area contributed by atoms with Gasteiger partial charge in [0.1, 0.15) is 5.82 Å². The molecule has 2 heterocycles. The summed E-state index contributed by atoms with van der Waals surface area (Å²) < 4.78 is 2.30. The molecule has 0 bridgehead atoms. The Morgan fingerprint density at radius 2 is 2.03 bits per heavy atom. The van der Waals surface area contributed by atoms with Crippen molar-refractivity contribution in [2.45, 2.75) is 59.7 Å². The summed E-state index contributed by atoms with van der Waals surface area (Å²) in [6.07, 6.45) is 0.996. The SMILES string of the molecule is CCNC(=NCCCn1c(C)nc2ccccc21)NC1CN(C(C)C)CC1C.I. The van der Waals surface area contributed by atoms with E-state index in [1.165, 1.54) is 5.52 Å². The zero-order valence-electron chi connectivity index (χ0n) is 18.5. The van der Waals surface area contributed by atoms with Crippen LogP contribution in [-0.4, -0.2) is 58.7 Å². The molecule has 1 aromatic heterocycles. The Hall–Kier alpha value is -1.35. The highest BCUT2D eigenvalue weighted by atomic mass is 127. The number of hydrogen-bond acceptors (Lipinski definition) is 3. The predicted octanol–water partition coefficient (Wildman–Crippen LogP) is 3.64. The number of para-hydroxylation sites is 2. The van der Waals surface area contributed by atoms with Crippen LogP contribution in [0.3, 0.4) is 0 Å². The lowest BCUT2D eigenvalue weighted by atomic mass is 10.1. The first-order chi connectivity index (χ1) is 13.5. The third-order valence-corrected chi connectivity index (χ3v) is 5.69. The molecule has 0 saturated carbocycles. The number of rotatable bonds is 7. The number of aromatic nitrogens is 2. The van der Waals surface area contributed by atoms with E-state index in [0.29, 0.717) is 18.0 Å². The van der Waals surface area contributed by atoms with E-state index in [1.807, 2.05) is 6.07 Å². The molecular weight excluding hydrogens is 475 g/mol. The normalized spacial score (nSPS) is 20.3. The van der Waals surface area contributed by atoms with Crippen molar-refractivity contribution >= 4 is 41.0 Å². The summed E-state index contributed by atoms with van der Waals surface area (Å²) in [5, 5.41) is 7.07. The number of nitrogens with zero attached hydrogens (tertiary/aromatic N) is 4. The maximum atomic E-state index is 4.83. The van der Waals surface area contributed by atoms with Crippen LogP contribution in [0.25, 0.3) is 11.0 Å². The lowest BCUT2D eigenvalue weighted by Gasteiger charge is -2.22. The second kappa shape index (κ2) is 11.2. The van der Waals surface area contributed by atoms with Gasteiger partial charge in [-0.05, 0) is 52.2 Å². The van der Waals surface area contributed by atoms with Crippen LogP contribution < -0.4 is 10.6 Å². The van der Waals surface area contributed by atoms with E-state index in [0.717, 1.165) is 56.4 Å². The Labute approximate surface area is 192 Å². The van der Waals surface area contributed by atoms with E-state index in [1.54, 1.807) is 0 Å². The second-order valence-electron chi connectivity index (χ2n) is 8.19. The number of halogens is 1. The molecule has 2 N–H and O–H groups in total. The molecule has 1 aliphatic rings. The number of nitrogens with one attached hydrogen (secondary N) is 2. The van der Waals surface area contributed by atoms with Gasteiger partial charge in [0, 0.05) is 44.8 Å². The highest BCUT2D eigenvalue weighted by molar-refractivity contribution is 14.0. The van der Waals surface area contributed by atoms with Gasteiger partial charge < -0.3 is 15.2 Å². The van der Waals surface area contributed by atoms with E-state index in [4.69, 9.17) is 4.99 Å². The van der Waals surface area contributed by atoms with Crippen LogP contribution in [0.15, 0.2) is 29.3 Å². The first kappa shape index (κ1) is 23.9. The van der Waals surface area contributed by atoms with Crippen molar-refractivity contribution < 1.29 is 0 Å². The average Bonchev–Trinajstić information content (AvgIpc) is 3.18. The highest BCUT2D eigenvalue weighted by Crippen LogP contribution is 2.19. The van der Waals surface area contributed by atoms with Crippen LogP contribution in [0.2, 0.25) is 0 Å². The van der Waals surface area contributed by atoms with Crippen LogP contribution in [0.1, 0.15) is 39.9 Å². The Kier molecular flexibility index (Phi) is 9.20. The molecule has 1 aromatic carbocycles. The Morgan fingerprint density at radius 3 is 2.72 bits per heavy atom. The van der Waals surface area contributed by atoms with Gasteiger partial charge in [0.05, 0.1) is 11.0 Å². The van der Waals surface area contributed by atoms with Crippen molar-refractivity contribution in [3.63, 3.8) is 0 Å². The van der Waals surface area contributed by atoms with Crippen LogP contribution >= 0.6 is 24.0 Å². The summed E-state index contributed by atoms with van der Waals surface area (Å²) in [6.45, 7) is 15.9. The molecule has 3 rings (SSSR count). The maximum Gasteiger partial charge on any atom is 0.191 e. The van der Waals surface area contributed by atoms with Crippen molar-refractivity contribution in [3.8, 4) is 0 Å². The van der Waals surface area contributed by atoms with Crippen LogP contribution in [-0.2, 0) is 6.54 Å². The number of aryl methyl sites for hydroxylation is 2. The second-order valence-corrected chi connectivity index (χ2v) is 8.19. The van der Waals surface area contributed by atoms with Crippen molar-refractivity contribution in [3.05, 3.63) is 30.1 Å². The fourth-order valence-corrected chi connectivity index (χ4v) is 4.01. The third-order valence-electron chi connectivity index (χ3n) is 5.69. The van der Waals surface area contributed by atoms with Gasteiger partial charge in [0.25, 0.3) is 0 Å². The molecule has 1 aliphatic heterocycles. The molecule has 7 heteroatoms. The molecule has 29 heavy (non-hydrogen) atoms. The molecule has 2 unspecified atom stereocenters. The Morgan fingerprint density at radius 1 is 1.28 bits per heavy atom. The van der Waals surface area contributed by atoms with E-state index in [-0.39, 0.29) is 24.0 Å². The molecule has 0 spiro atoms. The van der Waals surface area contributed by atoms with Gasteiger partial charge in [-0.1, -0.05) is 19.1 Å². The first-order valence-electron chi connectivity index (χ1n) is 10.7. The fraction of sp³-hybridized carbons (Fsp3) is 0.636. The fourth-order valence-electron chi connectivity index (χ4n) is 4.01. The molecule has 6 nitrogen and oxygen atoms in total. The average molecular weight is 512 g/mol. The minimum Gasteiger partial charge on any atom is -0.357 e. The molecule has 2 atom stereocenters. The molecule has 0 amide bonds. The van der Waals surface area contributed by atoms with Crippen molar-refractivity contribution in [2.75, 3.05) is 26.2 Å². The standard InChI is InChI=1S/C22H36N6.HI/c1-6-23-22(26-20-15-27(16(2)3)14-17(20)4)24-12-9-13-28-18(5)25-19-10-7-8-11-21(19)28;/h7-8,10-11,16-17,20H,6,9,12-15H2,1-5H3,(H2,23,24,26);1H. The minimum absolute atomic E-state index is 0. The monoisotopic (exact) mass is 512 g/mol. The summed E-state index contributed by atoms with van der Waals surface area (Å²) in [5.41, 5.74) is 2.28. The van der Waals surface area contributed by atoms with Gasteiger partial charge >= 0.3 is 0 Å². The molecule has 2 aromatic rings. The minimum atomic E-state index is 0. The third kappa shape index (κ3) is 6.07. The van der Waals surface area contributed by atoms with Gasteiger partial charge in [-0.25, -0.2) is 4.98 Å². The molecule has 162 valence electrons. The zero-order chi connectivity index (χ0) is 20.1. The summed E-state index contributed by atoms with van der Waals surface area (Å²) in [6, 6.07) is 9.40. The predicted molar refractivity (Wildman–Crippen MR) is 133 cm³/mol. The van der Waals surface area contributed by atoms with E-state index < -0.39 is 0 Å². The molecular formula is C22H37IN6. The van der Waals surface area contributed by atoms with Gasteiger partial charge in [0.2, 0.25) is 0 Å². The summed E-state index contributed by atoms with van der Waals surface area (Å²) in [7, 11) is 0.